The maximum atomic E-state index is 11.7. The minimum absolute atomic E-state index is 0.377. The molecule has 2 rings (SSSR count). The number of nitrogens with one attached hydrogen (secondary N) is 1. The van der Waals surface area contributed by atoms with Gasteiger partial charge in [0.05, 0.1) is 12.7 Å². The highest BCUT2D eigenvalue weighted by molar-refractivity contribution is 6.19. The van der Waals surface area contributed by atoms with Crippen molar-refractivity contribution >= 4 is 17.6 Å². The van der Waals surface area contributed by atoms with Crippen molar-refractivity contribution in [3.05, 3.63) is 41.1 Å². The van der Waals surface area contributed by atoms with E-state index in [1.165, 1.54) is 7.11 Å². The second-order valence-corrected chi connectivity index (χ2v) is 3.67. The number of rotatable bonds is 2. The van der Waals surface area contributed by atoms with E-state index < -0.39 is 12.0 Å². The number of allylic oxidation sites excluding steroid dienone is 1. The number of hydrogen-bond donors (Lipinski definition) is 2. The van der Waals surface area contributed by atoms with E-state index in [0.29, 0.717) is 17.7 Å². The molecule has 0 unspecified atom stereocenters. The normalized spacial score (nSPS) is 13.2. The van der Waals surface area contributed by atoms with Gasteiger partial charge in [-0.1, -0.05) is 24.3 Å². The fourth-order valence-electron chi connectivity index (χ4n) is 1.95. The van der Waals surface area contributed by atoms with Gasteiger partial charge < -0.3 is 15.8 Å². The highest BCUT2D eigenvalue weighted by atomic mass is 16.5. The molecule has 1 aliphatic rings. The molecule has 5 nitrogen and oxygen atoms in total. The molecule has 0 saturated carbocycles. The van der Waals surface area contributed by atoms with Crippen LogP contribution in [-0.4, -0.2) is 19.1 Å². The van der Waals surface area contributed by atoms with E-state index in [1.807, 2.05) is 24.3 Å². The third-order valence-corrected chi connectivity index (χ3v) is 2.62. The smallest absolute Gasteiger partial charge is 0.340 e. The molecular weight excluding hydrogens is 220 g/mol. The third-order valence-electron chi connectivity index (χ3n) is 2.62. The molecule has 0 bridgehead atoms. The molecule has 0 atom stereocenters. The van der Waals surface area contributed by atoms with Crippen LogP contribution >= 0.6 is 0 Å². The van der Waals surface area contributed by atoms with Crippen LogP contribution in [0, 0.1) is 0 Å². The number of hydrogen-bond acceptors (Lipinski definition) is 3. The minimum Gasteiger partial charge on any atom is -0.465 e. The lowest BCUT2D eigenvalue weighted by atomic mass is 10.1. The Morgan fingerprint density at radius 3 is 2.71 bits per heavy atom. The summed E-state index contributed by atoms with van der Waals surface area (Å²) in [5.74, 6) is -0.473. The van der Waals surface area contributed by atoms with Gasteiger partial charge in [0.1, 0.15) is 0 Å². The Balaban J connectivity index is 2.47. The first kappa shape index (κ1) is 11.2. The predicted octanol–water partition coefficient (Wildman–Crippen LogP) is 0.795. The number of carbonyl (C=O) groups is 2. The Bertz CT molecular complexity index is 520. The predicted molar refractivity (Wildman–Crippen MR) is 61.8 cm³/mol. The first-order chi connectivity index (χ1) is 8.13. The number of ether oxygens (including phenoxy) is 1. The van der Waals surface area contributed by atoms with Gasteiger partial charge in [0.15, 0.2) is 0 Å². The minimum atomic E-state index is -0.686. The highest BCUT2D eigenvalue weighted by Crippen LogP contribution is 2.31. The molecule has 0 saturated heterocycles. The zero-order valence-electron chi connectivity index (χ0n) is 9.32. The van der Waals surface area contributed by atoms with Gasteiger partial charge in [-0.15, -0.1) is 0 Å². The van der Waals surface area contributed by atoms with Gasteiger partial charge in [0, 0.05) is 12.1 Å². The van der Waals surface area contributed by atoms with Crippen molar-refractivity contribution in [3.8, 4) is 0 Å². The summed E-state index contributed by atoms with van der Waals surface area (Å²) in [6.45, 7) is 0. The maximum Gasteiger partial charge on any atom is 0.340 e. The number of primary amides is 1. The molecule has 0 heterocycles. The summed E-state index contributed by atoms with van der Waals surface area (Å²) < 4.78 is 4.71. The molecule has 88 valence electrons. The molecule has 1 aromatic rings. The lowest BCUT2D eigenvalue weighted by Gasteiger charge is -2.06. The third kappa shape index (κ3) is 1.99. The summed E-state index contributed by atoms with van der Waals surface area (Å²) in [5, 5.41) is 2.47. The summed E-state index contributed by atoms with van der Waals surface area (Å²) in [6, 6.07) is 6.73. The van der Waals surface area contributed by atoms with Crippen molar-refractivity contribution in [2.75, 3.05) is 7.11 Å². The Morgan fingerprint density at radius 1 is 1.35 bits per heavy atom. The summed E-state index contributed by atoms with van der Waals surface area (Å²) in [5.41, 5.74) is 7.69. The number of methoxy groups -OCH3 is 1. The topological polar surface area (TPSA) is 81.4 Å². The molecule has 0 radical (unpaired) electrons. The second kappa shape index (κ2) is 4.29. The van der Waals surface area contributed by atoms with Gasteiger partial charge in [-0.3, -0.25) is 0 Å². The molecule has 0 aromatic heterocycles. The van der Waals surface area contributed by atoms with Crippen molar-refractivity contribution in [2.24, 2.45) is 5.73 Å². The van der Waals surface area contributed by atoms with Crippen LogP contribution in [0.15, 0.2) is 30.0 Å². The van der Waals surface area contributed by atoms with Crippen LogP contribution in [0.25, 0.3) is 5.57 Å². The van der Waals surface area contributed by atoms with Crippen LogP contribution in [-0.2, 0) is 16.0 Å². The molecule has 5 heteroatoms. The Hall–Kier alpha value is -2.30. The van der Waals surface area contributed by atoms with E-state index in [9.17, 15) is 9.59 Å². The molecule has 17 heavy (non-hydrogen) atoms. The SMILES string of the molecule is COC(=O)C1=C(NC(N)=O)Cc2ccccc21. The first-order valence-corrected chi connectivity index (χ1v) is 5.09. The van der Waals surface area contributed by atoms with Gasteiger partial charge >= 0.3 is 12.0 Å². The number of urea groups is 1. The van der Waals surface area contributed by atoms with Crippen molar-refractivity contribution in [3.63, 3.8) is 0 Å². The van der Waals surface area contributed by atoms with Gasteiger partial charge in [-0.25, -0.2) is 9.59 Å². The lowest BCUT2D eigenvalue weighted by Crippen LogP contribution is -2.29. The van der Waals surface area contributed by atoms with Crippen molar-refractivity contribution in [1.82, 2.24) is 5.32 Å². The van der Waals surface area contributed by atoms with Gasteiger partial charge in [-0.2, -0.15) is 0 Å². The molecule has 0 spiro atoms. The van der Waals surface area contributed by atoms with E-state index in [4.69, 9.17) is 10.5 Å². The van der Waals surface area contributed by atoms with Crippen LogP contribution < -0.4 is 11.1 Å². The average Bonchev–Trinajstić information content (AvgIpc) is 2.65. The number of nitrogens with two attached hydrogens (primary N) is 1. The Kier molecular flexibility index (Phi) is 2.82. The highest BCUT2D eigenvalue weighted by Gasteiger charge is 2.27. The molecule has 2 amide bonds. The number of fused-ring (bicyclic) bond motifs is 1. The summed E-state index contributed by atoms with van der Waals surface area (Å²) in [6.07, 6.45) is 0.476. The Morgan fingerprint density at radius 2 is 2.06 bits per heavy atom. The summed E-state index contributed by atoms with van der Waals surface area (Å²) >= 11 is 0. The number of esters is 1. The average molecular weight is 232 g/mol. The van der Waals surface area contributed by atoms with Gasteiger partial charge in [0.25, 0.3) is 0 Å². The molecule has 1 aliphatic carbocycles. The van der Waals surface area contributed by atoms with Crippen LogP contribution in [0.3, 0.4) is 0 Å². The molecular formula is C12H12N2O3. The van der Waals surface area contributed by atoms with Crippen LogP contribution in [0.5, 0.6) is 0 Å². The molecule has 1 aromatic carbocycles. The standard InChI is InChI=1S/C12H12N2O3/c1-17-11(15)10-8-5-3-2-4-7(8)6-9(10)14-12(13)16/h2-5H,6H2,1H3,(H3,13,14,16). The van der Waals surface area contributed by atoms with Crippen molar-refractivity contribution < 1.29 is 14.3 Å². The van der Waals surface area contributed by atoms with E-state index in [0.717, 1.165) is 11.1 Å². The number of benzene rings is 1. The lowest BCUT2D eigenvalue weighted by molar-refractivity contribution is -0.133. The molecule has 0 aliphatic heterocycles. The zero-order valence-corrected chi connectivity index (χ0v) is 9.32. The largest absolute Gasteiger partial charge is 0.465 e. The Labute approximate surface area is 98.3 Å². The monoisotopic (exact) mass is 232 g/mol. The van der Waals surface area contributed by atoms with Crippen LogP contribution in [0.1, 0.15) is 11.1 Å². The number of amides is 2. The fourth-order valence-corrected chi connectivity index (χ4v) is 1.95. The second-order valence-electron chi connectivity index (χ2n) is 3.67. The first-order valence-electron chi connectivity index (χ1n) is 5.09. The fraction of sp³-hybridized carbons (Fsp3) is 0.167. The molecule has 0 fully saturated rings. The summed E-state index contributed by atoms with van der Waals surface area (Å²) in [7, 11) is 1.30. The van der Waals surface area contributed by atoms with E-state index >= 15 is 0 Å². The van der Waals surface area contributed by atoms with Crippen molar-refractivity contribution in [2.45, 2.75) is 6.42 Å². The summed E-state index contributed by atoms with van der Waals surface area (Å²) in [4.78, 5) is 22.6. The van der Waals surface area contributed by atoms with E-state index in [1.54, 1.807) is 0 Å². The quantitative estimate of drug-likeness (QED) is 0.740. The van der Waals surface area contributed by atoms with E-state index in [2.05, 4.69) is 5.32 Å². The van der Waals surface area contributed by atoms with Gasteiger partial charge in [-0.05, 0) is 11.1 Å². The number of carbonyl (C=O) groups excluding carboxylic acids is 2. The maximum absolute atomic E-state index is 11.7. The zero-order chi connectivity index (χ0) is 12.4. The van der Waals surface area contributed by atoms with Crippen molar-refractivity contribution in [1.29, 1.82) is 0 Å². The van der Waals surface area contributed by atoms with Crippen LogP contribution in [0.4, 0.5) is 4.79 Å². The molecule has 3 N–H and O–H groups in total. The van der Waals surface area contributed by atoms with E-state index in [-0.39, 0.29) is 0 Å². The van der Waals surface area contributed by atoms with Gasteiger partial charge in [0.2, 0.25) is 0 Å². The van der Waals surface area contributed by atoms with Crippen LogP contribution in [0.2, 0.25) is 0 Å².